The van der Waals surface area contributed by atoms with Crippen molar-refractivity contribution in [3.8, 4) is 22.4 Å². The Balaban J connectivity index is 0.000000353. The van der Waals surface area contributed by atoms with Crippen molar-refractivity contribution in [1.82, 2.24) is 9.97 Å². The smallest absolute Gasteiger partial charge is 0.164 e. The van der Waals surface area contributed by atoms with E-state index >= 15 is 0 Å². The predicted molar refractivity (Wildman–Crippen MR) is 241 cm³/mol. The number of furan rings is 1. The van der Waals surface area contributed by atoms with Crippen molar-refractivity contribution >= 4 is 33.1 Å². The number of ketones is 1. The molecule has 0 spiro atoms. The maximum absolute atomic E-state index is 12.2. The Bertz CT molecular complexity index is 2340. The number of hydrogen-bond donors (Lipinski definition) is 1. The molecule has 0 unspecified atom stereocenters. The van der Waals surface area contributed by atoms with Crippen LogP contribution in [0.1, 0.15) is 151 Å². The predicted octanol–water partition coefficient (Wildman–Crippen LogP) is 14.7. The van der Waals surface area contributed by atoms with Crippen molar-refractivity contribution in [2.75, 3.05) is 0 Å². The maximum Gasteiger partial charge on any atom is 0.164 e. The molecule has 58 heavy (non-hydrogen) atoms. The van der Waals surface area contributed by atoms with Crippen LogP contribution in [-0.4, -0.2) is 20.9 Å². The van der Waals surface area contributed by atoms with Gasteiger partial charge in [0, 0.05) is 77.4 Å². The van der Waals surface area contributed by atoms with Gasteiger partial charge in [-0.3, -0.25) is 9.78 Å². The number of aryl methyl sites for hydroxylation is 1. The number of carbonyl (C=O) groups excluding carboxylic acids is 1. The number of carbonyl (C=O) groups is 1. The number of benzene rings is 2. The van der Waals surface area contributed by atoms with E-state index in [0.717, 1.165) is 71.3 Å². The van der Waals surface area contributed by atoms with Crippen LogP contribution in [0.2, 0.25) is 0 Å². The van der Waals surface area contributed by atoms with E-state index in [1.165, 1.54) is 44.7 Å². The van der Waals surface area contributed by atoms with E-state index < -0.39 is 0 Å². The van der Waals surface area contributed by atoms with Crippen molar-refractivity contribution < 1.29 is 34.4 Å². The van der Waals surface area contributed by atoms with Gasteiger partial charge in [-0.05, 0) is 85.4 Å². The van der Waals surface area contributed by atoms with Crippen molar-refractivity contribution in [2.45, 2.75) is 147 Å². The molecule has 0 aliphatic heterocycles. The van der Waals surface area contributed by atoms with E-state index in [2.05, 4.69) is 116 Å². The van der Waals surface area contributed by atoms with E-state index in [1.54, 1.807) is 0 Å². The largest absolute Gasteiger partial charge is 0.512 e. The minimum Gasteiger partial charge on any atom is -0.512 e. The van der Waals surface area contributed by atoms with Gasteiger partial charge in [-0.25, -0.2) is 0 Å². The average Bonchev–Trinajstić information content (AvgIpc) is 3.61. The van der Waals surface area contributed by atoms with Crippen LogP contribution in [-0.2, 0) is 42.2 Å². The fraction of sp³-hybridized carbons (Fsp3) is 0.481. The molecule has 1 aliphatic carbocycles. The van der Waals surface area contributed by atoms with Crippen LogP contribution in [0.5, 0.6) is 0 Å². The molecule has 0 bridgehead atoms. The standard InChI is InChI=1S/C37H39N2O.C15H28O2.Ir/c1-21(2)14-32-23(4)27-11-10-24(17-33(27)40-32)29-18-31(39-35-34(29)22(3)19-37(35,8)9)25-15-26-20-38-13-12-28(26)30(16-25)36(5,6)7;1-7-14(5,8-2)12(16)11-13(17)15(6,9-3)10-4;/h10-13,16-21H,14H2,1-9H3;11,16H,7-10H2,1-6H3;/q-1;;/b;12-11-;. The number of fused-ring (bicyclic) bond motifs is 3. The van der Waals surface area contributed by atoms with Gasteiger partial charge < -0.3 is 14.5 Å². The molecule has 0 atom stereocenters. The minimum absolute atomic E-state index is 0. The molecule has 313 valence electrons. The van der Waals surface area contributed by atoms with Crippen LogP contribution >= 0.6 is 0 Å². The Morgan fingerprint density at radius 3 is 2.14 bits per heavy atom. The van der Waals surface area contributed by atoms with Gasteiger partial charge in [0.25, 0.3) is 0 Å². The molecule has 2 aromatic carbocycles. The van der Waals surface area contributed by atoms with Gasteiger partial charge >= 0.3 is 0 Å². The molecule has 0 saturated heterocycles. The third-order valence-corrected chi connectivity index (χ3v) is 12.9. The number of rotatable bonds is 11. The van der Waals surface area contributed by atoms with E-state index in [9.17, 15) is 9.90 Å². The van der Waals surface area contributed by atoms with Gasteiger partial charge in [-0.2, -0.15) is 0 Å². The molecule has 1 radical (unpaired) electrons. The summed E-state index contributed by atoms with van der Waals surface area (Å²) < 4.78 is 6.43. The Hall–Kier alpha value is -3.86. The first-order valence-electron chi connectivity index (χ1n) is 21.2. The maximum atomic E-state index is 12.2. The van der Waals surface area contributed by atoms with Crippen LogP contribution in [0.25, 0.3) is 49.7 Å². The summed E-state index contributed by atoms with van der Waals surface area (Å²) in [5, 5.41) is 13.5. The molecule has 6 rings (SSSR count). The number of nitrogens with zero attached hydrogens (tertiary/aromatic N) is 2. The molecule has 1 aliphatic rings. The Morgan fingerprint density at radius 2 is 1.55 bits per heavy atom. The third kappa shape index (κ3) is 9.29. The summed E-state index contributed by atoms with van der Waals surface area (Å²) in [6, 6.07) is 17.0. The first-order valence-corrected chi connectivity index (χ1v) is 21.2. The second-order valence-corrected chi connectivity index (χ2v) is 19.0. The quantitative estimate of drug-likeness (QED) is 0.0811. The summed E-state index contributed by atoms with van der Waals surface area (Å²) in [7, 11) is 0. The van der Waals surface area contributed by atoms with E-state index in [0.29, 0.717) is 5.92 Å². The molecule has 0 saturated carbocycles. The molecule has 0 amide bonds. The van der Waals surface area contributed by atoms with Crippen molar-refractivity contribution in [3.05, 3.63) is 101 Å². The Morgan fingerprint density at radius 1 is 0.914 bits per heavy atom. The zero-order chi connectivity index (χ0) is 42.2. The van der Waals surface area contributed by atoms with Crippen LogP contribution in [0.4, 0.5) is 0 Å². The summed E-state index contributed by atoms with van der Waals surface area (Å²) in [6.07, 6.45) is 11.8. The number of hydrogen-bond acceptors (Lipinski definition) is 5. The zero-order valence-corrected chi connectivity index (χ0v) is 40.3. The molecule has 6 heteroatoms. The molecule has 3 heterocycles. The Kier molecular flexibility index (Phi) is 14.4. The van der Waals surface area contributed by atoms with Gasteiger partial charge in [-0.1, -0.05) is 137 Å². The number of aliphatic hydroxyl groups excluding tert-OH is 1. The normalized spacial score (nSPS) is 14.3. The van der Waals surface area contributed by atoms with E-state index in [1.807, 2.05) is 53.9 Å². The first kappa shape index (κ1) is 46.8. The summed E-state index contributed by atoms with van der Waals surface area (Å²) in [4.78, 5) is 21.9. The molecule has 0 fully saturated rings. The number of aromatic nitrogens is 2. The molecule has 5 nitrogen and oxygen atoms in total. The van der Waals surface area contributed by atoms with Crippen molar-refractivity contribution in [1.29, 1.82) is 0 Å². The van der Waals surface area contributed by atoms with Crippen LogP contribution in [0.3, 0.4) is 0 Å². The second-order valence-electron chi connectivity index (χ2n) is 19.0. The SMILES string of the molecule is CC1=CC(C)(C)c2nc(-c3[c-]c4cnccc4c(C(C)(C)C)c3)cc(-c3ccc4c(C)c(CC(C)C)oc4c3)c21.CCC(C)(CC)C(=O)/C=C(\O)C(C)(CC)CC.[Ir]. The summed E-state index contributed by atoms with van der Waals surface area (Å²) in [5.41, 5.74) is 10.6. The summed E-state index contributed by atoms with van der Waals surface area (Å²) in [6.45, 7) is 32.2. The average molecular weight is 960 g/mol. The van der Waals surface area contributed by atoms with E-state index in [-0.39, 0.29) is 53.3 Å². The summed E-state index contributed by atoms with van der Waals surface area (Å²) in [5.74, 6) is 1.93. The molecule has 3 aromatic heterocycles. The minimum atomic E-state index is -0.337. The van der Waals surface area contributed by atoms with Gasteiger partial charge in [0.15, 0.2) is 5.78 Å². The fourth-order valence-corrected chi connectivity index (χ4v) is 8.04. The second kappa shape index (κ2) is 17.8. The third-order valence-electron chi connectivity index (χ3n) is 12.9. The fourth-order valence-electron chi connectivity index (χ4n) is 8.04. The van der Waals surface area contributed by atoms with Crippen molar-refractivity contribution in [2.24, 2.45) is 16.7 Å². The number of pyridine rings is 2. The molecular formula is C52H67IrN2O3-. The van der Waals surface area contributed by atoms with Gasteiger partial charge in [0.2, 0.25) is 0 Å². The van der Waals surface area contributed by atoms with Crippen molar-refractivity contribution in [3.63, 3.8) is 0 Å². The van der Waals surface area contributed by atoms with Gasteiger partial charge in [0.05, 0.1) is 0 Å². The Labute approximate surface area is 362 Å². The van der Waals surface area contributed by atoms with Gasteiger partial charge in [-0.15, -0.1) is 17.7 Å². The van der Waals surface area contributed by atoms with Crippen LogP contribution in [0, 0.1) is 29.7 Å². The van der Waals surface area contributed by atoms with Crippen LogP contribution in [0.15, 0.2) is 71.1 Å². The topological polar surface area (TPSA) is 76.2 Å². The first-order chi connectivity index (χ1) is 26.6. The summed E-state index contributed by atoms with van der Waals surface area (Å²) >= 11 is 0. The zero-order valence-electron chi connectivity index (χ0n) is 37.9. The van der Waals surface area contributed by atoms with E-state index in [4.69, 9.17) is 9.40 Å². The number of aliphatic hydroxyl groups is 1. The molecule has 5 aromatic rings. The molecular weight excluding hydrogens is 893 g/mol. The molecule has 1 N–H and O–H groups in total. The number of allylic oxidation sites excluding steroid dienone is 4. The van der Waals surface area contributed by atoms with Crippen LogP contribution < -0.4 is 0 Å². The van der Waals surface area contributed by atoms with Gasteiger partial charge in [0.1, 0.15) is 17.1 Å². The monoisotopic (exact) mass is 960 g/mol.